The van der Waals surface area contributed by atoms with E-state index in [4.69, 9.17) is 11.6 Å². The summed E-state index contributed by atoms with van der Waals surface area (Å²) in [6, 6.07) is 14.6. The Morgan fingerprint density at radius 1 is 1.12 bits per heavy atom. The smallest absolute Gasteiger partial charge is 0.191 e. The molecule has 6 heteroatoms. The van der Waals surface area contributed by atoms with Gasteiger partial charge in [-0.3, -0.25) is 9.89 Å². The number of guanidine groups is 1. The standard InChI is InChI=1S/C20H28ClN5/c1-4-26(5-2)18(17-9-7-6-8-10-17)15-25-20(22-3)24-14-16-11-12-19(21)23-13-16/h6-13,18H,4-5,14-15H2,1-3H3,(H2,22,24,25). The minimum absolute atomic E-state index is 0.293. The zero-order valence-electron chi connectivity index (χ0n) is 15.7. The summed E-state index contributed by atoms with van der Waals surface area (Å²) in [4.78, 5) is 10.9. The number of hydrogen-bond acceptors (Lipinski definition) is 3. The van der Waals surface area contributed by atoms with Gasteiger partial charge < -0.3 is 10.6 Å². The van der Waals surface area contributed by atoms with Crippen molar-refractivity contribution in [2.75, 3.05) is 26.7 Å². The van der Waals surface area contributed by atoms with Gasteiger partial charge in [0.15, 0.2) is 5.96 Å². The zero-order chi connectivity index (χ0) is 18.8. The lowest BCUT2D eigenvalue weighted by Gasteiger charge is -2.30. The van der Waals surface area contributed by atoms with Crippen LogP contribution in [0.4, 0.5) is 0 Å². The van der Waals surface area contributed by atoms with Gasteiger partial charge in [0.1, 0.15) is 5.15 Å². The predicted molar refractivity (Wildman–Crippen MR) is 110 cm³/mol. The normalized spacial score (nSPS) is 12.9. The first-order valence-electron chi connectivity index (χ1n) is 9.01. The van der Waals surface area contributed by atoms with Crippen LogP contribution in [0.2, 0.25) is 5.15 Å². The number of benzene rings is 1. The second kappa shape index (κ2) is 10.8. The van der Waals surface area contributed by atoms with Crippen molar-refractivity contribution in [1.82, 2.24) is 20.5 Å². The molecule has 0 aliphatic carbocycles. The Kier molecular flexibility index (Phi) is 8.38. The van der Waals surface area contributed by atoms with Crippen LogP contribution in [0.15, 0.2) is 53.7 Å². The number of pyridine rings is 1. The molecule has 140 valence electrons. The molecule has 0 saturated heterocycles. The van der Waals surface area contributed by atoms with Crippen molar-refractivity contribution in [2.45, 2.75) is 26.4 Å². The minimum atomic E-state index is 0.293. The molecule has 0 aliphatic rings. The molecule has 1 atom stereocenters. The van der Waals surface area contributed by atoms with E-state index in [0.717, 1.165) is 31.2 Å². The highest BCUT2D eigenvalue weighted by atomic mass is 35.5. The highest BCUT2D eigenvalue weighted by Crippen LogP contribution is 2.19. The van der Waals surface area contributed by atoms with Crippen LogP contribution in [0.3, 0.4) is 0 Å². The first kappa shape index (κ1) is 20.2. The third kappa shape index (κ3) is 6.00. The van der Waals surface area contributed by atoms with Gasteiger partial charge in [-0.05, 0) is 30.3 Å². The van der Waals surface area contributed by atoms with Crippen LogP contribution in [-0.4, -0.2) is 42.5 Å². The van der Waals surface area contributed by atoms with E-state index in [2.05, 4.69) is 69.7 Å². The molecule has 1 aromatic carbocycles. The van der Waals surface area contributed by atoms with Gasteiger partial charge in [0.2, 0.25) is 0 Å². The van der Waals surface area contributed by atoms with E-state index in [0.29, 0.717) is 17.7 Å². The molecule has 0 aliphatic heterocycles. The molecule has 0 radical (unpaired) electrons. The van der Waals surface area contributed by atoms with Crippen LogP contribution in [-0.2, 0) is 6.54 Å². The molecular weight excluding hydrogens is 346 g/mol. The second-order valence-electron chi connectivity index (χ2n) is 5.94. The van der Waals surface area contributed by atoms with Crippen LogP contribution in [0.25, 0.3) is 0 Å². The van der Waals surface area contributed by atoms with Gasteiger partial charge in [0.25, 0.3) is 0 Å². The largest absolute Gasteiger partial charge is 0.354 e. The fraction of sp³-hybridized carbons (Fsp3) is 0.400. The summed E-state index contributed by atoms with van der Waals surface area (Å²) in [6.07, 6.45) is 1.77. The molecular formula is C20H28ClN5. The Morgan fingerprint density at radius 2 is 1.85 bits per heavy atom. The maximum atomic E-state index is 5.83. The number of likely N-dealkylation sites (N-methyl/N-ethyl adjacent to an activating group) is 1. The summed E-state index contributed by atoms with van der Waals surface area (Å²) in [6.45, 7) is 7.82. The quantitative estimate of drug-likeness (QED) is 0.422. The average molecular weight is 374 g/mol. The zero-order valence-corrected chi connectivity index (χ0v) is 16.5. The van der Waals surface area contributed by atoms with Crippen molar-refractivity contribution in [3.63, 3.8) is 0 Å². The molecule has 2 N–H and O–H groups in total. The Bertz CT molecular complexity index is 668. The average Bonchev–Trinajstić information content (AvgIpc) is 2.69. The van der Waals surface area contributed by atoms with E-state index >= 15 is 0 Å². The molecule has 1 unspecified atom stereocenters. The number of aliphatic imine (C=N–C) groups is 1. The van der Waals surface area contributed by atoms with Gasteiger partial charge in [0.05, 0.1) is 6.04 Å². The van der Waals surface area contributed by atoms with E-state index in [1.807, 2.05) is 6.07 Å². The highest BCUT2D eigenvalue weighted by molar-refractivity contribution is 6.29. The first-order valence-corrected chi connectivity index (χ1v) is 9.39. The molecule has 2 aromatic rings. The fourth-order valence-electron chi connectivity index (χ4n) is 2.91. The summed E-state index contributed by atoms with van der Waals surface area (Å²) in [7, 11) is 1.78. The van der Waals surface area contributed by atoms with E-state index in [1.165, 1.54) is 5.56 Å². The van der Waals surface area contributed by atoms with Crippen LogP contribution < -0.4 is 10.6 Å². The summed E-state index contributed by atoms with van der Waals surface area (Å²) in [5, 5.41) is 7.27. The molecule has 0 bridgehead atoms. The second-order valence-corrected chi connectivity index (χ2v) is 6.33. The van der Waals surface area contributed by atoms with Gasteiger partial charge in [-0.1, -0.05) is 61.8 Å². The fourth-order valence-corrected chi connectivity index (χ4v) is 3.02. The maximum Gasteiger partial charge on any atom is 0.191 e. The Morgan fingerprint density at radius 3 is 2.42 bits per heavy atom. The van der Waals surface area contributed by atoms with Crippen molar-refractivity contribution in [3.05, 3.63) is 64.9 Å². The summed E-state index contributed by atoms with van der Waals surface area (Å²) < 4.78 is 0. The van der Waals surface area contributed by atoms with E-state index in [1.54, 1.807) is 19.3 Å². The van der Waals surface area contributed by atoms with Crippen molar-refractivity contribution in [3.8, 4) is 0 Å². The summed E-state index contributed by atoms with van der Waals surface area (Å²) in [5.74, 6) is 0.771. The number of rotatable bonds is 8. The van der Waals surface area contributed by atoms with Gasteiger partial charge >= 0.3 is 0 Å². The van der Waals surface area contributed by atoms with Crippen molar-refractivity contribution >= 4 is 17.6 Å². The van der Waals surface area contributed by atoms with Crippen LogP contribution in [0.5, 0.6) is 0 Å². The topological polar surface area (TPSA) is 52.5 Å². The molecule has 0 saturated carbocycles. The third-order valence-electron chi connectivity index (χ3n) is 4.37. The highest BCUT2D eigenvalue weighted by Gasteiger charge is 2.18. The van der Waals surface area contributed by atoms with Gasteiger partial charge in [-0.25, -0.2) is 4.98 Å². The lowest BCUT2D eigenvalue weighted by atomic mass is 10.1. The Balaban J connectivity index is 1.97. The molecule has 1 aromatic heterocycles. The maximum absolute atomic E-state index is 5.83. The van der Waals surface area contributed by atoms with Crippen molar-refractivity contribution in [1.29, 1.82) is 0 Å². The third-order valence-corrected chi connectivity index (χ3v) is 4.60. The van der Waals surface area contributed by atoms with Gasteiger partial charge in [-0.2, -0.15) is 0 Å². The molecule has 26 heavy (non-hydrogen) atoms. The number of halogens is 1. The minimum Gasteiger partial charge on any atom is -0.354 e. The summed E-state index contributed by atoms with van der Waals surface area (Å²) in [5.41, 5.74) is 2.36. The molecule has 1 heterocycles. The SMILES string of the molecule is CCN(CC)C(CNC(=NC)NCc1ccc(Cl)nc1)c1ccccc1. The van der Waals surface area contributed by atoms with Crippen LogP contribution >= 0.6 is 11.6 Å². The summed E-state index contributed by atoms with van der Waals surface area (Å²) >= 11 is 5.83. The van der Waals surface area contributed by atoms with Crippen molar-refractivity contribution < 1.29 is 0 Å². The Labute approximate surface area is 161 Å². The van der Waals surface area contributed by atoms with Gasteiger partial charge in [0, 0.05) is 26.3 Å². The lowest BCUT2D eigenvalue weighted by molar-refractivity contribution is 0.219. The lowest BCUT2D eigenvalue weighted by Crippen LogP contribution is -2.43. The molecule has 0 spiro atoms. The molecule has 0 amide bonds. The van der Waals surface area contributed by atoms with Crippen molar-refractivity contribution in [2.24, 2.45) is 4.99 Å². The van der Waals surface area contributed by atoms with Crippen LogP contribution in [0.1, 0.15) is 31.0 Å². The van der Waals surface area contributed by atoms with E-state index in [-0.39, 0.29) is 0 Å². The molecule has 2 rings (SSSR count). The monoisotopic (exact) mass is 373 g/mol. The number of nitrogens with zero attached hydrogens (tertiary/aromatic N) is 3. The predicted octanol–water partition coefficient (Wildman–Crippen LogP) is 3.48. The number of nitrogens with one attached hydrogen (secondary N) is 2. The van der Waals surface area contributed by atoms with E-state index < -0.39 is 0 Å². The number of aromatic nitrogens is 1. The molecule has 0 fully saturated rings. The molecule has 5 nitrogen and oxygen atoms in total. The Hall–Kier alpha value is -2.11. The van der Waals surface area contributed by atoms with E-state index in [9.17, 15) is 0 Å². The number of hydrogen-bond donors (Lipinski definition) is 2. The first-order chi connectivity index (χ1) is 12.7. The van der Waals surface area contributed by atoms with Crippen LogP contribution in [0, 0.1) is 0 Å². The van der Waals surface area contributed by atoms with Gasteiger partial charge in [-0.15, -0.1) is 0 Å².